The van der Waals surface area contributed by atoms with Gasteiger partial charge in [0.15, 0.2) is 5.65 Å². The summed E-state index contributed by atoms with van der Waals surface area (Å²) in [7, 11) is 0. The Hall–Kier alpha value is -2.27. The van der Waals surface area contributed by atoms with Crippen molar-refractivity contribution < 1.29 is 9.84 Å². The number of hydrogen-bond acceptors (Lipinski definition) is 9. The molecule has 5 rings (SSSR count). The van der Waals surface area contributed by atoms with E-state index in [9.17, 15) is 5.11 Å². The Labute approximate surface area is 188 Å². The number of imidazole rings is 1. The van der Waals surface area contributed by atoms with Gasteiger partial charge in [0.2, 0.25) is 11.8 Å². The minimum absolute atomic E-state index is 0.0137. The zero-order chi connectivity index (χ0) is 21.8. The highest BCUT2D eigenvalue weighted by Crippen LogP contribution is 2.44. The maximum Gasteiger partial charge on any atom is 0.232 e. The van der Waals surface area contributed by atoms with E-state index in [2.05, 4.69) is 19.9 Å². The van der Waals surface area contributed by atoms with Gasteiger partial charge in [0.25, 0.3) is 0 Å². The van der Waals surface area contributed by atoms with Crippen LogP contribution in [0, 0.1) is 5.41 Å². The summed E-state index contributed by atoms with van der Waals surface area (Å²) in [4.78, 5) is 16.3. The minimum Gasteiger partial charge on any atom is -0.492 e. The maximum absolute atomic E-state index is 10.8. The number of piperidine rings is 1. The number of nitrogens with zero attached hydrogens (tertiary/aromatic N) is 5. The fourth-order valence-corrected chi connectivity index (χ4v) is 5.65. The van der Waals surface area contributed by atoms with Crippen LogP contribution in [0.3, 0.4) is 0 Å². The summed E-state index contributed by atoms with van der Waals surface area (Å²) in [6, 6.07) is 1.79. The Bertz CT molecular complexity index is 1130. The highest BCUT2D eigenvalue weighted by molar-refractivity contribution is 7.99. The van der Waals surface area contributed by atoms with E-state index in [-0.39, 0.29) is 29.3 Å². The number of nitrogens with two attached hydrogens (primary N) is 2. The van der Waals surface area contributed by atoms with Crippen molar-refractivity contribution in [2.24, 2.45) is 11.1 Å². The number of rotatable bonds is 3. The van der Waals surface area contributed by atoms with Gasteiger partial charge in [-0.3, -0.25) is 4.40 Å². The largest absolute Gasteiger partial charge is 0.492 e. The van der Waals surface area contributed by atoms with Crippen LogP contribution in [0.25, 0.3) is 5.65 Å². The number of aromatic nitrogens is 4. The third-order valence-electron chi connectivity index (χ3n) is 6.45. The highest BCUT2D eigenvalue weighted by atomic mass is 35.5. The van der Waals surface area contributed by atoms with Crippen molar-refractivity contribution in [3.8, 4) is 5.88 Å². The molecule has 164 valence electrons. The van der Waals surface area contributed by atoms with Crippen LogP contribution in [0.2, 0.25) is 5.02 Å². The van der Waals surface area contributed by atoms with Crippen molar-refractivity contribution in [1.29, 1.82) is 0 Å². The predicted molar refractivity (Wildman–Crippen MR) is 120 cm³/mol. The van der Waals surface area contributed by atoms with Crippen molar-refractivity contribution in [2.75, 3.05) is 30.3 Å². The molecule has 11 heteroatoms. The molecule has 1 unspecified atom stereocenters. The molecular formula is C20H24ClN7O2S. The first-order valence-corrected chi connectivity index (χ1v) is 11.3. The zero-order valence-corrected chi connectivity index (χ0v) is 18.6. The summed E-state index contributed by atoms with van der Waals surface area (Å²) in [6.07, 6.45) is 7.03. The topological polar surface area (TPSA) is 128 Å². The van der Waals surface area contributed by atoms with Gasteiger partial charge >= 0.3 is 0 Å². The number of halogens is 1. The fraction of sp³-hybridized carbons (Fsp3) is 0.450. The first kappa shape index (κ1) is 20.6. The van der Waals surface area contributed by atoms with E-state index in [0.29, 0.717) is 33.0 Å². The Balaban J connectivity index is 1.45. The summed E-state index contributed by atoms with van der Waals surface area (Å²) < 4.78 is 7.72. The Kier molecular flexibility index (Phi) is 5.12. The van der Waals surface area contributed by atoms with Crippen molar-refractivity contribution >= 4 is 40.8 Å². The summed E-state index contributed by atoms with van der Waals surface area (Å²) >= 11 is 7.55. The average molecular weight is 462 g/mol. The van der Waals surface area contributed by atoms with Crippen LogP contribution in [-0.2, 0) is 4.74 Å². The van der Waals surface area contributed by atoms with E-state index >= 15 is 0 Å². The van der Waals surface area contributed by atoms with Crippen LogP contribution in [-0.4, -0.2) is 56.3 Å². The molecule has 2 fully saturated rings. The maximum atomic E-state index is 10.8. The molecule has 5 heterocycles. The van der Waals surface area contributed by atoms with Gasteiger partial charge in [-0.05, 0) is 25.8 Å². The quantitative estimate of drug-likeness (QED) is 0.538. The standard InChI is InChI=1S/C20H24ClN7O2S/c1-11-15(22)20(10-30-11)3-7-27(8-4-20)19-26-18(29)14(17-25-6-9-28(17)19)31-12-2-5-24-16(23)13(12)21/h2,5-6,9,11,15,29H,3-4,7-8,10,22H2,1H3,(H2,23,24)/t11?,15-/m1/s1. The number of anilines is 2. The van der Waals surface area contributed by atoms with Crippen LogP contribution in [0.5, 0.6) is 5.88 Å². The number of ether oxygens (including phenoxy) is 1. The predicted octanol–water partition coefficient (Wildman–Crippen LogP) is 2.55. The van der Waals surface area contributed by atoms with E-state index in [1.807, 2.05) is 17.5 Å². The molecule has 9 nitrogen and oxygen atoms in total. The molecule has 0 amide bonds. The SMILES string of the molecule is CC1OCC2(CCN(c3nc(O)c(Sc4ccnc(N)c4Cl)c4nccn34)CC2)[C@@H]1N. The van der Waals surface area contributed by atoms with Crippen LogP contribution < -0.4 is 16.4 Å². The molecule has 0 saturated carbocycles. The lowest BCUT2D eigenvalue weighted by atomic mass is 9.73. The Morgan fingerprint density at radius 1 is 1.29 bits per heavy atom. The van der Waals surface area contributed by atoms with Crippen molar-refractivity contribution in [1.82, 2.24) is 19.4 Å². The summed E-state index contributed by atoms with van der Waals surface area (Å²) in [5.74, 6) is 0.797. The van der Waals surface area contributed by atoms with E-state index in [0.717, 1.165) is 25.9 Å². The van der Waals surface area contributed by atoms with Crippen LogP contribution >= 0.6 is 23.4 Å². The summed E-state index contributed by atoms with van der Waals surface area (Å²) in [6.45, 7) is 4.30. The molecule has 3 aromatic heterocycles. The molecule has 0 aromatic carbocycles. The molecule has 2 aliphatic rings. The number of nitrogen functional groups attached to an aromatic ring is 1. The molecule has 0 bridgehead atoms. The first-order chi connectivity index (χ1) is 14.9. The van der Waals surface area contributed by atoms with E-state index in [1.54, 1.807) is 18.5 Å². The second-order valence-corrected chi connectivity index (χ2v) is 9.62. The lowest BCUT2D eigenvalue weighted by molar-refractivity contribution is 0.0973. The van der Waals surface area contributed by atoms with Gasteiger partial charge < -0.3 is 26.2 Å². The third-order valence-corrected chi connectivity index (χ3v) is 8.09. The smallest absolute Gasteiger partial charge is 0.232 e. The monoisotopic (exact) mass is 461 g/mol. The van der Waals surface area contributed by atoms with E-state index in [1.165, 1.54) is 11.8 Å². The molecular weight excluding hydrogens is 438 g/mol. The van der Waals surface area contributed by atoms with Crippen LogP contribution in [0.4, 0.5) is 11.8 Å². The molecule has 3 aromatic rings. The van der Waals surface area contributed by atoms with Gasteiger partial charge in [0, 0.05) is 48.0 Å². The first-order valence-electron chi connectivity index (χ1n) is 10.2. The lowest BCUT2D eigenvalue weighted by Gasteiger charge is -2.41. The van der Waals surface area contributed by atoms with Crippen LogP contribution in [0.1, 0.15) is 19.8 Å². The normalized spacial score (nSPS) is 23.1. The highest BCUT2D eigenvalue weighted by Gasteiger charge is 2.47. The molecule has 2 atom stereocenters. The molecule has 2 aliphatic heterocycles. The number of pyridine rings is 1. The van der Waals surface area contributed by atoms with E-state index < -0.39 is 0 Å². The number of fused-ring (bicyclic) bond motifs is 1. The molecule has 5 N–H and O–H groups in total. The second kappa shape index (κ2) is 7.70. The lowest BCUT2D eigenvalue weighted by Crippen LogP contribution is -2.51. The molecule has 1 spiro atoms. The number of aromatic hydroxyl groups is 1. The molecule has 31 heavy (non-hydrogen) atoms. The van der Waals surface area contributed by atoms with Gasteiger partial charge in [-0.15, -0.1) is 0 Å². The Morgan fingerprint density at radius 3 is 2.77 bits per heavy atom. The van der Waals surface area contributed by atoms with Gasteiger partial charge in [0.05, 0.1) is 17.7 Å². The van der Waals surface area contributed by atoms with Gasteiger partial charge in [-0.25, -0.2) is 9.97 Å². The third kappa shape index (κ3) is 3.38. The fourth-order valence-electron chi connectivity index (χ4n) is 4.50. The summed E-state index contributed by atoms with van der Waals surface area (Å²) in [5, 5.41) is 11.1. The van der Waals surface area contributed by atoms with Crippen molar-refractivity contribution in [3.05, 3.63) is 29.7 Å². The second-order valence-electron chi connectivity index (χ2n) is 8.19. The van der Waals surface area contributed by atoms with Crippen molar-refractivity contribution in [2.45, 2.75) is 41.7 Å². The van der Waals surface area contributed by atoms with Crippen LogP contribution in [0.15, 0.2) is 34.4 Å². The average Bonchev–Trinajstić information content (AvgIpc) is 3.35. The van der Waals surface area contributed by atoms with Gasteiger partial charge in [-0.1, -0.05) is 23.4 Å². The minimum atomic E-state index is -0.0973. The van der Waals surface area contributed by atoms with Gasteiger partial charge in [0.1, 0.15) is 10.7 Å². The zero-order valence-electron chi connectivity index (χ0n) is 17.0. The molecule has 0 radical (unpaired) electrons. The van der Waals surface area contributed by atoms with E-state index in [4.69, 9.17) is 27.8 Å². The van der Waals surface area contributed by atoms with Crippen molar-refractivity contribution in [3.63, 3.8) is 0 Å². The molecule has 2 saturated heterocycles. The van der Waals surface area contributed by atoms with Gasteiger partial charge in [-0.2, -0.15) is 4.98 Å². The molecule has 0 aliphatic carbocycles. The number of hydrogen-bond donors (Lipinski definition) is 3. The Morgan fingerprint density at radius 2 is 2.06 bits per heavy atom. The summed E-state index contributed by atoms with van der Waals surface area (Å²) in [5.41, 5.74) is 12.9.